The van der Waals surface area contributed by atoms with E-state index in [1.165, 1.54) is 0 Å². The second-order valence-corrected chi connectivity index (χ2v) is 6.91. The predicted molar refractivity (Wildman–Crippen MR) is 85.5 cm³/mol. The highest BCUT2D eigenvalue weighted by Crippen LogP contribution is 2.30. The van der Waals surface area contributed by atoms with Gasteiger partial charge in [-0.25, -0.2) is 8.42 Å². The molecular weight excluding hydrogens is 296 g/mol. The lowest BCUT2D eigenvalue weighted by Crippen LogP contribution is -2.04. The van der Waals surface area contributed by atoms with Gasteiger partial charge < -0.3 is 0 Å². The number of rotatable bonds is 2. The van der Waals surface area contributed by atoms with Crippen molar-refractivity contribution >= 4 is 31.5 Å². The summed E-state index contributed by atoms with van der Waals surface area (Å²) >= 11 is 0. The molecule has 0 radical (unpaired) electrons. The molecule has 4 aromatic rings. The quantitative estimate of drug-likeness (QED) is 0.616. The van der Waals surface area contributed by atoms with E-state index in [1.807, 2.05) is 36.4 Å². The standard InChI is InChI=1S/C17H12N2O2S/c20-22(21,17-14-9-3-4-10-15(14)18-19-17)16-11-5-7-12-6-1-2-8-13(12)16/h1-11H,(H,18,19). The minimum absolute atomic E-state index is 0.138. The molecule has 22 heavy (non-hydrogen) atoms. The normalized spacial score (nSPS) is 12.0. The molecular formula is C17H12N2O2S. The summed E-state index contributed by atoms with van der Waals surface area (Å²) in [6.45, 7) is 0. The van der Waals surface area contributed by atoms with Crippen LogP contribution in [0.15, 0.2) is 76.7 Å². The Balaban J connectivity index is 2.05. The molecule has 1 aromatic heterocycles. The Hall–Kier alpha value is -2.66. The van der Waals surface area contributed by atoms with Crippen molar-refractivity contribution in [3.8, 4) is 0 Å². The van der Waals surface area contributed by atoms with Gasteiger partial charge in [-0.15, -0.1) is 0 Å². The maximum absolute atomic E-state index is 13.1. The summed E-state index contributed by atoms with van der Waals surface area (Å²) in [5.41, 5.74) is 0.640. The predicted octanol–water partition coefficient (Wildman–Crippen LogP) is 3.55. The number of fused-ring (bicyclic) bond motifs is 2. The number of aromatic amines is 1. The highest BCUT2D eigenvalue weighted by Gasteiger charge is 2.24. The number of benzene rings is 3. The van der Waals surface area contributed by atoms with Crippen molar-refractivity contribution in [2.24, 2.45) is 0 Å². The fourth-order valence-electron chi connectivity index (χ4n) is 2.68. The number of aromatic nitrogens is 2. The Morgan fingerprint density at radius 2 is 1.45 bits per heavy atom. The van der Waals surface area contributed by atoms with Crippen LogP contribution in [0, 0.1) is 0 Å². The molecule has 4 nitrogen and oxygen atoms in total. The van der Waals surface area contributed by atoms with E-state index in [1.54, 1.807) is 30.3 Å². The molecule has 4 rings (SSSR count). The second-order valence-electron chi connectivity index (χ2n) is 5.05. The molecule has 1 N–H and O–H groups in total. The van der Waals surface area contributed by atoms with E-state index in [0.29, 0.717) is 21.2 Å². The van der Waals surface area contributed by atoms with E-state index >= 15 is 0 Å². The van der Waals surface area contributed by atoms with Gasteiger partial charge in [-0.2, -0.15) is 5.10 Å². The number of para-hydroxylation sites is 1. The average Bonchev–Trinajstić information content (AvgIpc) is 2.99. The number of nitrogens with zero attached hydrogens (tertiary/aromatic N) is 1. The van der Waals surface area contributed by atoms with Crippen LogP contribution in [0.3, 0.4) is 0 Å². The van der Waals surface area contributed by atoms with Crippen molar-refractivity contribution < 1.29 is 8.42 Å². The molecule has 108 valence electrons. The number of hydrogen-bond donors (Lipinski definition) is 1. The number of H-pyrrole nitrogens is 1. The summed E-state index contributed by atoms with van der Waals surface area (Å²) in [5.74, 6) is 0. The first-order valence-corrected chi connectivity index (χ1v) is 8.32. The zero-order chi connectivity index (χ0) is 15.2. The number of hydrogen-bond acceptors (Lipinski definition) is 3. The molecule has 5 heteroatoms. The average molecular weight is 308 g/mol. The molecule has 0 bridgehead atoms. The van der Waals surface area contributed by atoms with Gasteiger partial charge in [0.1, 0.15) is 0 Å². The number of sulfone groups is 1. The van der Waals surface area contributed by atoms with Crippen LogP contribution in [0.2, 0.25) is 0 Å². The molecule has 0 fully saturated rings. The van der Waals surface area contributed by atoms with Gasteiger partial charge in [0, 0.05) is 10.8 Å². The lowest BCUT2D eigenvalue weighted by atomic mass is 10.1. The highest BCUT2D eigenvalue weighted by molar-refractivity contribution is 7.91. The van der Waals surface area contributed by atoms with Gasteiger partial charge in [0.15, 0.2) is 5.03 Å². The Bertz CT molecular complexity index is 1090. The highest BCUT2D eigenvalue weighted by atomic mass is 32.2. The lowest BCUT2D eigenvalue weighted by Gasteiger charge is -2.07. The van der Waals surface area contributed by atoms with Gasteiger partial charge >= 0.3 is 0 Å². The monoisotopic (exact) mass is 308 g/mol. The van der Waals surface area contributed by atoms with E-state index < -0.39 is 9.84 Å². The molecule has 0 amide bonds. The summed E-state index contributed by atoms with van der Waals surface area (Å²) in [7, 11) is -3.67. The van der Waals surface area contributed by atoms with Gasteiger partial charge in [0.2, 0.25) is 9.84 Å². The van der Waals surface area contributed by atoms with Crippen molar-refractivity contribution in [1.29, 1.82) is 0 Å². The Morgan fingerprint density at radius 3 is 2.32 bits per heavy atom. The third-order valence-electron chi connectivity index (χ3n) is 3.73. The van der Waals surface area contributed by atoms with E-state index in [-0.39, 0.29) is 5.03 Å². The molecule has 0 aliphatic heterocycles. The van der Waals surface area contributed by atoms with Gasteiger partial charge in [0.05, 0.1) is 10.4 Å². The van der Waals surface area contributed by atoms with Crippen LogP contribution in [0.1, 0.15) is 0 Å². The smallest absolute Gasteiger partial charge is 0.224 e. The first-order chi connectivity index (χ1) is 10.7. The topological polar surface area (TPSA) is 62.8 Å². The minimum Gasteiger partial charge on any atom is -0.266 e. The van der Waals surface area contributed by atoms with Crippen LogP contribution in [0.25, 0.3) is 21.7 Å². The Labute approximate surface area is 127 Å². The number of nitrogens with one attached hydrogen (secondary N) is 1. The van der Waals surface area contributed by atoms with Crippen molar-refractivity contribution in [2.75, 3.05) is 0 Å². The van der Waals surface area contributed by atoms with Gasteiger partial charge in [0.25, 0.3) is 0 Å². The molecule has 0 aliphatic rings. The third kappa shape index (κ3) is 1.83. The van der Waals surface area contributed by atoms with Crippen LogP contribution < -0.4 is 0 Å². The molecule has 0 unspecified atom stereocenters. The molecule has 3 aromatic carbocycles. The maximum atomic E-state index is 13.1. The fraction of sp³-hybridized carbons (Fsp3) is 0. The Morgan fingerprint density at radius 1 is 0.773 bits per heavy atom. The lowest BCUT2D eigenvalue weighted by molar-refractivity contribution is 0.593. The van der Waals surface area contributed by atoms with Crippen molar-refractivity contribution in [1.82, 2.24) is 10.2 Å². The van der Waals surface area contributed by atoms with Gasteiger partial charge in [-0.05, 0) is 23.6 Å². The second kappa shape index (κ2) is 4.68. The fourth-order valence-corrected chi connectivity index (χ4v) is 4.26. The summed E-state index contributed by atoms with van der Waals surface area (Å²) in [6.07, 6.45) is 0. The molecule has 0 aliphatic carbocycles. The maximum Gasteiger partial charge on any atom is 0.224 e. The zero-order valence-electron chi connectivity index (χ0n) is 11.5. The SMILES string of the molecule is O=S(=O)(c1cccc2ccccc12)c1[nH]nc2ccccc12. The van der Waals surface area contributed by atoms with Crippen LogP contribution in [-0.4, -0.2) is 18.6 Å². The minimum atomic E-state index is -3.67. The first-order valence-electron chi connectivity index (χ1n) is 6.84. The molecule has 0 saturated carbocycles. The van der Waals surface area contributed by atoms with Crippen molar-refractivity contribution in [3.63, 3.8) is 0 Å². The summed E-state index contributed by atoms with van der Waals surface area (Å²) in [6, 6.07) is 19.9. The van der Waals surface area contributed by atoms with Crippen LogP contribution >= 0.6 is 0 Å². The van der Waals surface area contributed by atoms with Crippen molar-refractivity contribution in [2.45, 2.75) is 9.92 Å². The van der Waals surface area contributed by atoms with E-state index in [2.05, 4.69) is 10.2 Å². The summed E-state index contributed by atoms with van der Waals surface area (Å²) in [4.78, 5) is 0.292. The van der Waals surface area contributed by atoms with E-state index in [4.69, 9.17) is 0 Å². The zero-order valence-corrected chi connectivity index (χ0v) is 12.3. The molecule has 0 spiro atoms. The van der Waals surface area contributed by atoms with Crippen LogP contribution in [0.4, 0.5) is 0 Å². The largest absolute Gasteiger partial charge is 0.266 e. The summed E-state index contributed by atoms with van der Waals surface area (Å²) < 4.78 is 26.1. The van der Waals surface area contributed by atoms with E-state index in [0.717, 1.165) is 5.39 Å². The molecule has 0 saturated heterocycles. The molecule has 0 atom stereocenters. The van der Waals surface area contributed by atoms with Crippen LogP contribution in [-0.2, 0) is 9.84 Å². The summed E-state index contributed by atoms with van der Waals surface area (Å²) in [5, 5.41) is 9.12. The third-order valence-corrected chi connectivity index (χ3v) is 5.52. The Kier molecular flexibility index (Phi) is 2.77. The van der Waals surface area contributed by atoms with Crippen molar-refractivity contribution in [3.05, 3.63) is 66.7 Å². The first kappa shape index (κ1) is 13.0. The molecule has 1 heterocycles. The van der Waals surface area contributed by atoms with Crippen LogP contribution in [0.5, 0.6) is 0 Å². The van der Waals surface area contributed by atoms with E-state index in [9.17, 15) is 8.42 Å². The van der Waals surface area contributed by atoms with Gasteiger partial charge in [-0.1, -0.05) is 48.5 Å². The van der Waals surface area contributed by atoms with Gasteiger partial charge in [-0.3, -0.25) is 5.10 Å².